The Hall–Kier alpha value is -0.810. The van der Waals surface area contributed by atoms with Gasteiger partial charge in [0, 0.05) is 26.7 Å². The third kappa shape index (κ3) is 3.83. The number of hydrogen-bond donors (Lipinski definition) is 2. The number of likely N-dealkylation sites (N-methyl/N-ethyl adjacent to an activating group) is 1. The second kappa shape index (κ2) is 5.67. The van der Waals surface area contributed by atoms with Crippen molar-refractivity contribution in [2.75, 3.05) is 26.7 Å². The van der Waals surface area contributed by atoms with Crippen molar-refractivity contribution in [3.8, 4) is 0 Å². The summed E-state index contributed by atoms with van der Waals surface area (Å²) < 4.78 is 0. The molecule has 2 amide bonds. The molecule has 112 valence electrons. The molecule has 0 bridgehead atoms. The van der Waals surface area contributed by atoms with Crippen LogP contribution in [0, 0.1) is 5.41 Å². The highest BCUT2D eigenvalue weighted by Gasteiger charge is 2.43. The number of piperidine rings is 1. The van der Waals surface area contributed by atoms with Crippen LogP contribution >= 0.6 is 0 Å². The van der Waals surface area contributed by atoms with Crippen LogP contribution < -0.4 is 0 Å². The molecular formula is C14H28N2O3. The molecule has 0 aromatic rings. The third-order valence-electron chi connectivity index (χ3n) is 4.12. The largest absolute Gasteiger partial charge is 0.392 e. The summed E-state index contributed by atoms with van der Waals surface area (Å²) in [5, 5.41) is 19.9. The second-order valence-corrected chi connectivity index (χ2v) is 6.78. The number of hydrogen-bond acceptors (Lipinski definition) is 3. The van der Waals surface area contributed by atoms with Gasteiger partial charge in [-0.15, -0.1) is 0 Å². The number of urea groups is 1. The minimum Gasteiger partial charge on any atom is -0.392 e. The van der Waals surface area contributed by atoms with Gasteiger partial charge in [0.15, 0.2) is 0 Å². The van der Waals surface area contributed by atoms with E-state index in [9.17, 15) is 15.0 Å². The average molecular weight is 272 g/mol. The van der Waals surface area contributed by atoms with E-state index in [1.54, 1.807) is 18.9 Å². The van der Waals surface area contributed by atoms with Crippen molar-refractivity contribution in [2.24, 2.45) is 5.41 Å². The molecule has 1 heterocycles. The molecule has 0 aliphatic carbocycles. The first-order valence-electron chi connectivity index (χ1n) is 6.97. The highest BCUT2D eigenvalue weighted by molar-refractivity contribution is 5.74. The maximum Gasteiger partial charge on any atom is 0.319 e. The van der Waals surface area contributed by atoms with E-state index in [4.69, 9.17) is 0 Å². The fourth-order valence-corrected chi connectivity index (χ4v) is 2.53. The van der Waals surface area contributed by atoms with Gasteiger partial charge < -0.3 is 20.0 Å². The van der Waals surface area contributed by atoms with E-state index in [-0.39, 0.29) is 11.4 Å². The van der Waals surface area contributed by atoms with E-state index in [0.29, 0.717) is 32.5 Å². The molecule has 0 aromatic carbocycles. The van der Waals surface area contributed by atoms with Gasteiger partial charge in [-0.05, 0) is 25.2 Å². The van der Waals surface area contributed by atoms with Gasteiger partial charge in [0.25, 0.3) is 0 Å². The fraction of sp³-hybridized carbons (Fsp3) is 0.929. The van der Waals surface area contributed by atoms with E-state index >= 15 is 0 Å². The van der Waals surface area contributed by atoms with Crippen LogP contribution in [0.4, 0.5) is 4.79 Å². The van der Waals surface area contributed by atoms with Crippen molar-refractivity contribution in [1.29, 1.82) is 0 Å². The number of rotatable bonds is 2. The lowest BCUT2D eigenvalue weighted by molar-refractivity contribution is -0.0942. The number of aliphatic hydroxyl groups excluding tert-OH is 1. The first-order valence-corrected chi connectivity index (χ1v) is 6.97. The topological polar surface area (TPSA) is 64.0 Å². The molecule has 0 radical (unpaired) electrons. The predicted molar refractivity (Wildman–Crippen MR) is 74.9 cm³/mol. The summed E-state index contributed by atoms with van der Waals surface area (Å²) in [4.78, 5) is 15.4. The number of carbonyl (C=O) groups is 1. The number of aliphatic hydroxyl groups is 2. The zero-order valence-corrected chi connectivity index (χ0v) is 12.8. The molecule has 1 unspecified atom stereocenters. The predicted octanol–water partition coefficient (Wildman–Crippen LogP) is 1.29. The number of nitrogens with zero attached hydrogens (tertiary/aromatic N) is 2. The number of amides is 2. The smallest absolute Gasteiger partial charge is 0.319 e. The molecule has 5 heteroatoms. The zero-order chi connectivity index (χ0) is 14.8. The molecule has 2 N–H and O–H groups in total. The molecule has 1 aliphatic rings. The molecule has 1 aliphatic heterocycles. The molecule has 1 rings (SSSR count). The number of carbonyl (C=O) groups excluding carboxylic acids is 1. The van der Waals surface area contributed by atoms with Crippen LogP contribution in [0.5, 0.6) is 0 Å². The monoisotopic (exact) mass is 272 g/mol. The van der Waals surface area contributed by atoms with Gasteiger partial charge in [-0.2, -0.15) is 0 Å². The molecule has 19 heavy (non-hydrogen) atoms. The van der Waals surface area contributed by atoms with Crippen LogP contribution in [0.25, 0.3) is 0 Å². The molecule has 5 nitrogen and oxygen atoms in total. The lowest BCUT2D eigenvalue weighted by Gasteiger charge is -2.46. The lowest BCUT2D eigenvalue weighted by Crippen LogP contribution is -2.55. The van der Waals surface area contributed by atoms with Crippen LogP contribution in [0.3, 0.4) is 0 Å². The fourth-order valence-electron chi connectivity index (χ4n) is 2.53. The van der Waals surface area contributed by atoms with Crippen LogP contribution in [0.2, 0.25) is 0 Å². The van der Waals surface area contributed by atoms with Crippen LogP contribution in [0.15, 0.2) is 0 Å². The van der Waals surface area contributed by atoms with Gasteiger partial charge in [0.1, 0.15) is 0 Å². The molecule has 1 saturated heterocycles. The van der Waals surface area contributed by atoms with Crippen molar-refractivity contribution >= 4 is 6.03 Å². The quantitative estimate of drug-likeness (QED) is 0.796. The summed E-state index contributed by atoms with van der Waals surface area (Å²) in [7, 11) is 1.69. The van der Waals surface area contributed by atoms with Gasteiger partial charge in [0.2, 0.25) is 0 Å². The Bertz CT molecular complexity index is 315. The Morgan fingerprint density at radius 2 is 1.84 bits per heavy atom. The Morgan fingerprint density at radius 3 is 2.21 bits per heavy atom. The van der Waals surface area contributed by atoms with Gasteiger partial charge in [-0.1, -0.05) is 20.8 Å². The first-order chi connectivity index (χ1) is 8.57. The van der Waals surface area contributed by atoms with E-state index in [1.807, 2.05) is 20.8 Å². The average Bonchev–Trinajstić information content (AvgIpc) is 2.26. The Kier molecular flexibility index (Phi) is 4.85. The first kappa shape index (κ1) is 16.2. The third-order valence-corrected chi connectivity index (χ3v) is 4.12. The van der Waals surface area contributed by atoms with Crippen molar-refractivity contribution < 1.29 is 15.0 Å². The summed E-state index contributed by atoms with van der Waals surface area (Å²) in [5.74, 6) is 0. The molecular weight excluding hydrogens is 244 g/mol. The maximum absolute atomic E-state index is 12.2. The summed E-state index contributed by atoms with van der Waals surface area (Å²) in [6.07, 6.45) is 0.681. The van der Waals surface area contributed by atoms with Crippen LogP contribution in [-0.2, 0) is 0 Å². The van der Waals surface area contributed by atoms with E-state index in [1.165, 1.54) is 4.90 Å². The molecule has 1 fully saturated rings. The molecule has 0 saturated carbocycles. The van der Waals surface area contributed by atoms with Gasteiger partial charge in [0.05, 0.1) is 11.7 Å². The summed E-state index contributed by atoms with van der Waals surface area (Å²) in [6.45, 7) is 9.23. The van der Waals surface area contributed by atoms with Gasteiger partial charge >= 0.3 is 6.03 Å². The van der Waals surface area contributed by atoms with E-state index in [2.05, 4.69) is 0 Å². The lowest BCUT2D eigenvalue weighted by atomic mass is 9.71. The highest BCUT2D eigenvalue weighted by atomic mass is 16.3. The Labute approximate surface area is 116 Å². The van der Waals surface area contributed by atoms with Gasteiger partial charge in [-0.3, -0.25) is 0 Å². The summed E-state index contributed by atoms with van der Waals surface area (Å²) in [6, 6.07) is -0.0724. The zero-order valence-electron chi connectivity index (χ0n) is 12.8. The van der Waals surface area contributed by atoms with Crippen molar-refractivity contribution in [2.45, 2.75) is 52.2 Å². The van der Waals surface area contributed by atoms with E-state index in [0.717, 1.165) is 0 Å². The van der Waals surface area contributed by atoms with Crippen molar-refractivity contribution in [3.63, 3.8) is 0 Å². The van der Waals surface area contributed by atoms with E-state index < -0.39 is 11.7 Å². The molecule has 0 aromatic heterocycles. The normalized spacial score (nSPS) is 21.1. The van der Waals surface area contributed by atoms with Crippen LogP contribution in [0.1, 0.15) is 40.5 Å². The SMILES string of the molecule is CC(O)CN(C)C(=O)N1CCC(O)(C(C)(C)C)CC1. The Morgan fingerprint density at radius 1 is 1.37 bits per heavy atom. The second-order valence-electron chi connectivity index (χ2n) is 6.78. The minimum absolute atomic E-state index is 0.0724. The Balaban J connectivity index is 2.57. The maximum atomic E-state index is 12.2. The van der Waals surface area contributed by atoms with Gasteiger partial charge in [-0.25, -0.2) is 4.79 Å². The standard InChI is InChI=1S/C14H28N2O3/c1-11(17)10-15(5)12(18)16-8-6-14(19,7-9-16)13(2,3)4/h11,17,19H,6-10H2,1-5H3. The van der Waals surface area contributed by atoms with Crippen molar-refractivity contribution in [3.05, 3.63) is 0 Å². The van der Waals surface area contributed by atoms with Crippen molar-refractivity contribution in [1.82, 2.24) is 9.80 Å². The molecule has 0 spiro atoms. The summed E-state index contributed by atoms with van der Waals surface area (Å²) in [5.41, 5.74) is -0.875. The summed E-state index contributed by atoms with van der Waals surface area (Å²) >= 11 is 0. The number of likely N-dealkylation sites (tertiary alicyclic amines) is 1. The van der Waals surface area contributed by atoms with Crippen LogP contribution in [-0.4, -0.2) is 64.4 Å². The highest BCUT2D eigenvalue weighted by Crippen LogP contribution is 2.38. The minimum atomic E-state index is -0.702. The molecule has 1 atom stereocenters.